The molecule has 1 aromatic carbocycles. The number of carbonyl (C=O) groups excluding carboxylic acids is 1. The number of hydrogen-bond acceptors (Lipinski definition) is 3. The molecule has 0 radical (unpaired) electrons. The summed E-state index contributed by atoms with van der Waals surface area (Å²) >= 11 is 0.982. The maximum atomic E-state index is 12.2. The molecule has 0 aliphatic carbocycles. The Bertz CT molecular complexity index is 691. The molecule has 21 heavy (non-hydrogen) atoms. The molecule has 1 heterocycles. The number of benzene rings is 1. The topological polar surface area (TPSA) is 66.4 Å². The third-order valence-electron chi connectivity index (χ3n) is 3.50. The first-order valence-corrected chi connectivity index (χ1v) is 7.42. The summed E-state index contributed by atoms with van der Waals surface area (Å²) in [6.45, 7) is 5.98. The highest BCUT2D eigenvalue weighted by atomic mass is 32.1. The van der Waals surface area contributed by atoms with E-state index in [1.165, 1.54) is 11.6 Å². The fourth-order valence-corrected chi connectivity index (χ4v) is 2.91. The zero-order chi connectivity index (χ0) is 15.6. The zero-order valence-electron chi connectivity index (χ0n) is 12.1. The van der Waals surface area contributed by atoms with Crippen molar-refractivity contribution in [2.24, 2.45) is 0 Å². The molecule has 1 amide bonds. The van der Waals surface area contributed by atoms with E-state index < -0.39 is 5.97 Å². The van der Waals surface area contributed by atoms with Crippen molar-refractivity contribution < 1.29 is 14.7 Å². The minimum absolute atomic E-state index is 0.132. The number of nitrogens with one attached hydrogen (secondary N) is 1. The molecule has 2 rings (SSSR count). The molecular weight excluding hydrogens is 286 g/mol. The van der Waals surface area contributed by atoms with Crippen molar-refractivity contribution in [3.8, 4) is 0 Å². The smallest absolute Gasteiger partial charge is 0.345 e. The van der Waals surface area contributed by atoms with Crippen LogP contribution in [0.2, 0.25) is 0 Å². The van der Waals surface area contributed by atoms with Crippen molar-refractivity contribution in [2.45, 2.75) is 26.8 Å². The molecule has 0 fully saturated rings. The number of rotatable bonds is 4. The number of amides is 1. The summed E-state index contributed by atoms with van der Waals surface area (Å²) in [5.41, 5.74) is 3.40. The lowest BCUT2D eigenvalue weighted by Crippen LogP contribution is -2.26. The summed E-state index contributed by atoms with van der Waals surface area (Å²) in [6.07, 6.45) is 0. The van der Waals surface area contributed by atoms with Crippen LogP contribution in [-0.2, 0) is 0 Å². The van der Waals surface area contributed by atoms with E-state index in [9.17, 15) is 9.59 Å². The van der Waals surface area contributed by atoms with Crippen LogP contribution in [0, 0.1) is 13.8 Å². The van der Waals surface area contributed by atoms with E-state index >= 15 is 0 Å². The molecule has 0 saturated carbocycles. The first kappa shape index (κ1) is 15.3. The van der Waals surface area contributed by atoms with Gasteiger partial charge in [0, 0.05) is 0 Å². The van der Waals surface area contributed by atoms with E-state index in [4.69, 9.17) is 5.11 Å². The Morgan fingerprint density at radius 2 is 1.81 bits per heavy atom. The molecule has 0 spiro atoms. The molecule has 0 bridgehead atoms. The molecule has 0 aliphatic rings. The molecule has 1 aromatic heterocycles. The minimum atomic E-state index is -1.01. The summed E-state index contributed by atoms with van der Waals surface area (Å²) in [7, 11) is 0. The van der Waals surface area contributed by atoms with Crippen molar-refractivity contribution >= 4 is 23.2 Å². The Kier molecular flexibility index (Phi) is 4.43. The van der Waals surface area contributed by atoms with Gasteiger partial charge in [-0.3, -0.25) is 4.79 Å². The van der Waals surface area contributed by atoms with Crippen molar-refractivity contribution in [1.82, 2.24) is 5.32 Å². The van der Waals surface area contributed by atoms with Crippen LogP contribution in [0.1, 0.15) is 49.0 Å². The minimum Gasteiger partial charge on any atom is -0.477 e. The van der Waals surface area contributed by atoms with E-state index in [1.54, 1.807) is 6.07 Å². The zero-order valence-corrected chi connectivity index (χ0v) is 13.0. The van der Waals surface area contributed by atoms with Crippen LogP contribution < -0.4 is 5.32 Å². The van der Waals surface area contributed by atoms with E-state index in [1.807, 2.05) is 39.0 Å². The van der Waals surface area contributed by atoms with E-state index in [2.05, 4.69) is 5.32 Å². The van der Waals surface area contributed by atoms with Crippen LogP contribution >= 0.6 is 11.3 Å². The Morgan fingerprint density at radius 3 is 2.43 bits per heavy atom. The van der Waals surface area contributed by atoms with Crippen molar-refractivity contribution in [1.29, 1.82) is 0 Å². The molecule has 110 valence electrons. The fourth-order valence-electron chi connectivity index (χ4n) is 2.16. The van der Waals surface area contributed by atoms with Crippen molar-refractivity contribution in [3.63, 3.8) is 0 Å². The summed E-state index contributed by atoms with van der Waals surface area (Å²) < 4.78 is 0. The SMILES string of the molecule is Cc1cccc(C(C)NC(=O)c2ccc(C(=O)O)s2)c1C. The summed E-state index contributed by atoms with van der Waals surface area (Å²) in [6, 6.07) is 8.85. The van der Waals surface area contributed by atoms with Gasteiger partial charge in [-0.05, 0) is 49.6 Å². The number of aryl methyl sites for hydroxylation is 1. The predicted octanol–water partition coefficient (Wildman–Crippen LogP) is 3.55. The molecule has 4 nitrogen and oxygen atoms in total. The van der Waals surface area contributed by atoms with E-state index in [-0.39, 0.29) is 16.8 Å². The number of thiophene rings is 1. The molecule has 1 unspecified atom stereocenters. The van der Waals surface area contributed by atoms with Gasteiger partial charge in [0.15, 0.2) is 0 Å². The standard InChI is InChI=1S/C16H17NO3S/c1-9-5-4-6-12(10(9)2)11(3)17-15(18)13-7-8-14(21-13)16(19)20/h4-8,11H,1-3H3,(H,17,18)(H,19,20). The van der Waals surface area contributed by atoms with Crippen LogP contribution in [0.5, 0.6) is 0 Å². The average Bonchev–Trinajstić information content (AvgIpc) is 2.91. The van der Waals surface area contributed by atoms with Crippen molar-refractivity contribution in [2.75, 3.05) is 0 Å². The largest absolute Gasteiger partial charge is 0.477 e. The molecule has 0 aliphatic heterocycles. The second-order valence-electron chi connectivity index (χ2n) is 4.95. The second kappa shape index (κ2) is 6.10. The Balaban J connectivity index is 2.14. The molecule has 2 N–H and O–H groups in total. The average molecular weight is 303 g/mol. The lowest BCUT2D eigenvalue weighted by molar-refractivity contribution is 0.0702. The molecular formula is C16H17NO3S. The van der Waals surface area contributed by atoms with Gasteiger partial charge in [-0.25, -0.2) is 4.79 Å². The van der Waals surface area contributed by atoms with Crippen LogP contribution in [-0.4, -0.2) is 17.0 Å². The number of carbonyl (C=O) groups is 2. The number of carboxylic acids is 1. The van der Waals surface area contributed by atoms with Gasteiger partial charge < -0.3 is 10.4 Å². The van der Waals surface area contributed by atoms with Crippen LogP contribution in [0.4, 0.5) is 0 Å². The summed E-state index contributed by atoms with van der Waals surface area (Å²) in [5, 5.41) is 11.8. The van der Waals surface area contributed by atoms with Gasteiger partial charge in [-0.15, -0.1) is 11.3 Å². The first-order valence-electron chi connectivity index (χ1n) is 6.60. The summed E-state index contributed by atoms with van der Waals surface area (Å²) in [5.74, 6) is -1.26. The van der Waals surface area contributed by atoms with E-state index in [0.29, 0.717) is 4.88 Å². The quantitative estimate of drug-likeness (QED) is 0.907. The van der Waals surface area contributed by atoms with Gasteiger partial charge in [-0.1, -0.05) is 18.2 Å². The lowest BCUT2D eigenvalue weighted by atomic mass is 9.98. The predicted molar refractivity (Wildman–Crippen MR) is 83.1 cm³/mol. The second-order valence-corrected chi connectivity index (χ2v) is 6.04. The molecule has 2 aromatic rings. The maximum absolute atomic E-state index is 12.2. The lowest BCUT2D eigenvalue weighted by Gasteiger charge is -2.17. The highest BCUT2D eigenvalue weighted by Gasteiger charge is 2.16. The summed E-state index contributed by atoms with van der Waals surface area (Å²) in [4.78, 5) is 23.6. The van der Waals surface area contributed by atoms with Gasteiger partial charge >= 0.3 is 5.97 Å². The van der Waals surface area contributed by atoms with Gasteiger partial charge in [0.05, 0.1) is 10.9 Å². The normalized spacial score (nSPS) is 12.0. The third-order valence-corrected chi connectivity index (χ3v) is 4.57. The number of hydrogen-bond donors (Lipinski definition) is 2. The van der Waals surface area contributed by atoms with Crippen molar-refractivity contribution in [3.05, 3.63) is 56.8 Å². The molecule has 5 heteroatoms. The van der Waals surface area contributed by atoms with Crippen LogP contribution in [0.15, 0.2) is 30.3 Å². The maximum Gasteiger partial charge on any atom is 0.345 e. The van der Waals surface area contributed by atoms with Gasteiger partial charge in [-0.2, -0.15) is 0 Å². The molecule has 1 atom stereocenters. The van der Waals surface area contributed by atoms with Gasteiger partial charge in [0.25, 0.3) is 5.91 Å². The Hall–Kier alpha value is -2.14. The highest BCUT2D eigenvalue weighted by Crippen LogP contribution is 2.22. The van der Waals surface area contributed by atoms with E-state index in [0.717, 1.165) is 22.5 Å². The first-order chi connectivity index (χ1) is 9.90. The van der Waals surface area contributed by atoms with Gasteiger partial charge in [0.2, 0.25) is 0 Å². The third kappa shape index (κ3) is 3.31. The fraction of sp³-hybridized carbons (Fsp3) is 0.250. The Morgan fingerprint density at radius 1 is 1.14 bits per heavy atom. The highest BCUT2D eigenvalue weighted by molar-refractivity contribution is 7.15. The monoisotopic (exact) mass is 303 g/mol. The van der Waals surface area contributed by atoms with Crippen LogP contribution in [0.3, 0.4) is 0 Å². The molecule has 0 saturated heterocycles. The van der Waals surface area contributed by atoms with Crippen LogP contribution in [0.25, 0.3) is 0 Å². The number of aromatic carboxylic acids is 1. The number of carboxylic acid groups (broad SMARTS) is 1. The Labute approximate surface area is 127 Å². The van der Waals surface area contributed by atoms with Gasteiger partial charge in [0.1, 0.15) is 4.88 Å².